The summed E-state index contributed by atoms with van der Waals surface area (Å²) < 4.78 is 88.0. The topological polar surface area (TPSA) is 85.0 Å². The Labute approximate surface area is 403 Å². The molecule has 66 heavy (non-hydrogen) atoms. The number of carbonyl (C=O) groups excluding carboxylic acids is 1. The van der Waals surface area contributed by atoms with Gasteiger partial charge in [-0.3, -0.25) is 24.0 Å². The van der Waals surface area contributed by atoms with Crippen molar-refractivity contribution in [1.82, 2.24) is 39.3 Å². The molecule has 0 amide bonds. The number of benzene rings is 2. The van der Waals surface area contributed by atoms with Crippen molar-refractivity contribution in [1.29, 1.82) is 0 Å². The Balaban J connectivity index is 1.06. The van der Waals surface area contributed by atoms with Crippen molar-refractivity contribution in [3.05, 3.63) is 136 Å². The molecule has 0 bridgehead atoms. The molecule has 4 aromatic heterocycles. The Morgan fingerprint density at radius 1 is 0.636 bits per heavy atom. The average molecular weight is 1080 g/mol. The molecule has 2 aliphatic rings. The van der Waals surface area contributed by atoms with Gasteiger partial charge in [-0.1, -0.05) is 72.8 Å². The molecule has 6 heterocycles. The highest BCUT2D eigenvalue weighted by Crippen LogP contribution is 2.39. The lowest BCUT2D eigenvalue weighted by molar-refractivity contribution is -0.142. The second-order valence-corrected chi connectivity index (χ2v) is 21.4. The fraction of sp³-hybridized carbons (Fsp3) is 0.383. The zero-order valence-electron chi connectivity index (χ0n) is 35.9. The van der Waals surface area contributed by atoms with Gasteiger partial charge in [0.05, 0.1) is 54.1 Å². The number of hydrogen-bond acceptors (Lipinski definition) is 9. The number of rotatable bonds is 14. The van der Waals surface area contributed by atoms with Crippen LogP contribution in [-0.4, -0.2) is 83.4 Å². The summed E-state index contributed by atoms with van der Waals surface area (Å²) in [6.45, 7) is 4.45. The molecule has 19 heteroatoms. The van der Waals surface area contributed by atoms with E-state index in [0.29, 0.717) is 51.9 Å². The molecule has 2 atom stereocenters. The van der Waals surface area contributed by atoms with E-state index >= 15 is 4.79 Å². The molecule has 2 aromatic carbocycles. The van der Waals surface area contributed by atoms with Gasteiger partial charge in [-0.15, -0.1) is 22.7 Å². The van der Waals surface area contributed by atoms with E-state index in [9.17, 15) is 26.3 Å². The number of Topliss-reactive ketones (excluding diaryl/α,β-unsaturated/α-hetero) is 1. The number of hydrogen-bond donors (Lipinski definition) is 0. The standard InChI is InChI=1S/C47H46Br2F6N8OS2/c1-29-25-39(46(50,51)52)58-62(29)27-37(60-21-17-33(18-22-60)44-56-35(42(48)65-44)15-13-31-9-5-3-6-10-31)41(64)38(28-63-30(2)26-40(59-63)47(53,54)55)61-23-19-34(20-24-61)45-57-36(43(49)66-45)16-14-32-11-7-4-8-12-32/h3-16,25-26,33-34,37-38H,17-24,27-28H2,1-2H3. The fourth-order valence-corrected chi connectivity index (χ4v) is 11.9. The van der Waals surface area contributed by atoms with Gasteiger partial charge < -0.3 is 0 Å². The third-order valence-corrected chi connectivity index (χ3v) is 16.1. The largest absolute Gasteiger partial charge is 0.435 e. The van der Waals surface area contributed by atoms with Crippen LogP contribution in [-0.2, 0) is 30.2 Å². The van der Waals surface area contributed by atoms with Crippen LogP contribution in [0.25, 0.3) is 24.3 Å². The number of likely N-dealkylation sites (tertiary alicyclic amines) is 2. The summed E-state index contributed by atoms with van der Waals surface area (Å²) >= 11 is 10.5. The smallest absolute Gasteiger partial charge is 0.296 e. The maximum Gasteiger partial charge on any atom is 0.435 e. The minimum Gasteiger partial charge on any atom is -0.296 e. The number of piperidine rings is 2. The van der Waals surface area contributed by atoms with Gasteiger partial charge in [-0.05, 0) is 133 Å². The molecule has 8 rings (SSSR count). The van der Waals surface area contributed by atoms with Crippen LogP contribution in [0.4, 0.5) is 26.3 Å². The fourth-order valence-electron chi connectivity index (χ4n) is 8.60. The lowest BCUT2D eigenvalue weighted by Crippen LogP contribution is -2.57. The Hall–Kier alpha value is -4.27. The number of carbonyl (C=O) groups is 1. The van der Waals surface area contributed by atoms with Crippen molar-refractivity contribution >= 4 is 84.6 Å². The van der Waals surface area contributed by atoms with Crippen LogP contribution in [0, 0.1) is 13.8 Å². The van der Waals surface area contributed by atoms with Crippen LogP contribution in [0.1, 0.15) is 92.8 Å². The Morgan fingerprint density at radius 2 is 1.00 bits per heavy atom. The van der Waals surface area contributed by atoms with Gasteiger partial charge in [0.2, 0.25) is 0 Å². The number of alkyl halides is 6. The average Bonchev–Trinajstić information content (AvgIpc) is 4.08. The summed E-state index contributed by atoms with van der Waals surface area (Å²) in [5.41, 5.74) is 2.05. The van der Waals surface area contributed by atoms with Crippen LogP contribution in [0.3, 0.4) is 0 Å². The van der Waals surface area contributed by atoms with Crippen LogP contribution < -0.4 is 0 Å². The molecule has 2 saturated heterocycles. The first kappa shape index (κ1) is 48.2. The van der Waals surface area contributed by atoms with E-state index in [4.69, 9.17) is 9.97 Å². The van der Waals surface area contributed by atoms with Crippen LogP contribution in [0.5, 0.6) is 0 Å². The molecule has 0 spiro atoms. The molecule has 2 unspecified atom stereocenters. The van der Waals surface area contributed by atoms with Crippen molar-refractivity contribution in [2.24, 2.45) is 0 Å². The van der Waals surface area contributed by atoms with E-state index in [1.54, 1.807) is 22.7 Å². The predicted octanol–water partition coefficient (Wildman–Crippen LogP) is 12.3. The van der Waals surface area contributed by atoms with Crippen molar-refractivity contribution < 1.29 is 31.1 Å². The van der Waals surface area contributed by atoms with Gasteiger partial charge in [-0.2, -0.15) is 36.5 Å². The predicted molar refractivity (Wildman–Crippen MR) is 254 cm³/mol. The minimum atomic E-state index is -4.70. The van der Waals surface area contributed by atoms with Crippen LogP contribution in [0.2, 0.25) is 0 Å². The Kier molecular flexibility index (Phi) is 15.0. The second-order valence-electron chi connectivity index (χ2n) is 16.7. The number of aromatic nitrogens is 6. The van der Waals surface area contributed by atoms with Crippen LogP contribution in [0.15, 0.2) is 80.4 Å². The SMILES string of the molecule is Cc1cc(C(F)(F)F)nn1CC(C(=O)C(Cn1nc(C(F)(F)F)cc1C)N1CCC(c2nc(C=Cc3ccccc3)c(Br)s2)CC1)N1CCC(c2nc(C=Cc3ccccc3)c(Br)s2)CC1. The maximum atomic E-state index is 15.4. The van der Waals surface area contributed by atoms with E-state index in [1.165, 1.54) is 23.2 Å². The van der Waals surface area contributed by atoms with Gasteiger partial charge in [0.25, 0.3) is 0 Å². The highest BCUT2D eigenvalue weighted by molar-refractivity contribution is 9.11. The summed E-state index contributed by atoms with van der Waals surface area (Å²) in [6.07, 6.45) is 1.05. The summed E-state index contributed by atoms with van der Waals surface area (Å²) in [5.74, 6) is -0.166. The minimum absolute atomic E-state index is 0.0723. The first-order valence-electron chi connectivity index (χ1n) is 21.5. The molecule has 0 radical (unpaired) electrons. The Morgan fingerprint density at radius 3 is 1.33 bits per heavy atom. The van der Waals surface area contributed by atoms with Gasteiger partial charge in [0.1, 0.15) is 0 Å². The molecule has 0 N–H and O–H groups in total. The third kappa shape index (κ3) is 11.5. The highest BCUT2D eigenvalue weighted by Gasteiger charge is 2.42. The molecular formula is C47H46Br2F6N8OS2. The molecule has 9 nitrogen and oxygen atoms in total. The maximum absolute atomic E-state index is 15.4. The molecule has 2 aliphatic heterocycles. The highest BCUT2D eigenvalue weighted by atomic mass is 79.9. The summed E-state index contributed by atoms with van der Waals surface area (Å²) in [6, 6.07) is 19.8. The lowest BCUT2D eigenvalue weighted by atomic mass is 9.91. The van der Waals surface area contributed by atoms with E-state index in [2.05, 4.69) is 42.1 Å². The van der Waals surface area contributed by atoms with Gasteiger partial charge >= 0.3 is 12.4 Å². The first-order chi connectivity index (χ1) is 31.5. The molecule has 2 fully saturated rings. The van der Waals surface area contributed by atoms with Gasteiger partial charge in [-0.25, -0.2) is 9.97 Å². The lowest BCUT2D eigenvalue weighted by Gasteiger charge is -2.41. The molecule has 6 aromatic rings. The normalized spacial score (nSPS) is 17.4. The van der Waals surface area contributed by atoms with Crippen molar-refractivity contribution in [2.45, 2.75) is 88.9 Å². The number of thiazole rings is 2. The second kappa shape index (κ2) is 20.5. The summed E-state index contributed by atoms with van der Waals surface area (Å²) in [4.78, 5) is 29.3. The number of nitrogens with zero attached hydrogens (tertiary/aromatic N) is 8. The molecular weight excluding hydrogens is 1030 g/mol. The number of halogens is 8. The van der Waals surface area contributed by atoms with Crippen LogP contribution >= 0.6 is 54.5 Å². The number of ketones is 1. The zero-order chi connectivity index (χ0) is 46.8. The van der Waals surface area contributed by atoms with Crippen molar-refractivity contribution in [2.75, 3.05) is 26.2 Å². The molecule has 348 valence electrons. The molecule has 0 saturated carbocycles. The van der Waals surface area contributed by atoms with E-state index in [-0.39, 0.29) is 42.1 Å². The first-order valence-corrected chi connectivity index (χ1v) is 24.8. The Bertz CT molecular complexity index is 2480. The van der Waals surface area contributed by atoms with Crippen molar-refractivity contribution in [3.8, 4) is 0 Å². The summed E-state index contributed by atoms with van der Waals surface area (Å²) in [7, 11) is 0. The quantitative estimate of drug-likeness (QED) is 0.100. The van der Waals surface area contributed by atoms with Gasteiger partial charge in [0.15, 0.2) is 17.2 Å². The third-order valence-electron chi connectivity index (χ3n) is 12.2. The zero-order valence-corrected chi connectivity index (χ0v) is 40.7. The van der Waals surface area contributed by atoms with Crippen molar-refractivity contribution in [3.63, 3.8) is 0 Å². The van der Waals surface area contributed by atoms with E-state index in [0.717, 1.165) is 52.2 Å². The van der Waals surface area contributed by atoms with E-state index in [1.807, 2.05) is 94.8 Å². The van der Waals surface area contributed by atoms with E-state index < -0.39 is 35.8 Å². The summed E-state index contributed by atoms with van der Waals surface area (Å²) in [5, 5.41) is 9.72. The number of aryl methyl sites for hydroxylation is 2. The molecule has 0 aliphatic carbocycles. The van der Waals surface area contributed by atoms with Gasteiger partial charge in [0, 0.05) is 23.2 Å². The monoisotopic (exact) mass is 1070 g/mol.